The van der Waals surface area contributed by atoms with Crippen LogP contribution in [-0.2, 0) is 6.54 Å². The number of aliphatic hydroxyl groups is 2. The lowest BCUT2D eigenvalue weighted by molar-refractivity contribution is -0.0415. The highest BCUT2D eigenvalue weighted by Gasteiger charge is 2.19. The molecule has 0 aliphatic heterocycles. The lowest BCUT2D eigenvalue weighted by Crippen LogP contribution is -2.07. The van der Waals surface area contributed by atoms with Gasteiger partial charge in [-0.1, -0.05) is 55.5 Å². The highest BCUT2D eigenvalue weighted by Crippen LogP contribution is 2.33. The van der Waals surface area contributed by atoms with E-state index in [2.05, 4.69) is 49.8 Å². The molecule has 208 valence electrons. The lowest BCUT2D eigenvalue weighted by Gasteiger charge is -2.14. The molecule has 6 aromatic rings. The molecular formula is C29H29N9O3. The fraction of sp³-hybridized carbons (Fsp3) is 0.241. The van der Waals surface area contributed by atoms with E-state index < -0.39 is 6.29 Å². The summed E-state index contributed by atoms with van der Waals surface area (Å²) >= 11 is 0. The summed E-state index contributed by atoms with van der Waals surface area (Å²) in [7, 11) is 0. The van der Waals surface area contributed by atoms with Crippen LogP contribution >= 0.6 is 0 Å². The summed E-state index contributed by atoms with van der Waals surface area (Å²) < 4.78 is 9.43. The summed E-state index contributed by atoms with van der Waals surface area (Å²) in [6.45, 7) is 6.90. The van der Waals surface area contributed by atoms with Crippen LogP contribution < -0.4 is 4.74 Å². The monoisotopic (exact) mass is 551 g/mol. The number of benzene rings is 3. The number of hydrogen-bond acceptors (Lipinski definition) is 9. The van der Waals surface area contributed by atoms with E-state index in [9.17, 15) is 10.2 Å². The zero-order chi connectivity index (χ0) is 28.5. The van der Waals surface area contributed by atoms with Gasteiger partial charge in [0.15, 0.2) is 6.29 Å². The molecule has 3 aromatic carbocycles. The number of imidazole rings is 1. The van der Waals surface area contributed by atoms with Gasteiger partial charge < -0.3 is 14.9 Å². The van der Waals surface area contributed by atoms with Crippen LogP contribution in [0.3, 0.4) is 0 Å². The summed E-state index contributed by atoms with van der Waals surface area (Å²) in [6, 6.07) is 19.7. The first kappa shape index (κ1) is 26.3. The van der Waals surface area contributed by atoms with E-state index in [1.54, 1.807) is 16.8 Å². The van der Waals surface area contributed by atoms with Crippen LogP contribution in [0.4, 0.5) is 0 Å². The van der Waals surface area contributed by atoms with Crippen LogP contribution in [0.5, 0.6) is 6.01 Å². The van der Waals surface area contributed by atoms with Gasteiger partial charge in [0.1, 0.15) is 0 Å². The zero-order valence-electron chi connectivity index (χ0n) is 22.8. The lowest BCUT2D eigenvalue weighted by atomic mass is 9.97. The van der Waals surface area contributed by atoms with E-state index in [1.807, 2.05) is 66.2 Å². The van der Waals surface area contributed by atoms with Crippen molar-refractivity contribution in [2.45, 2.75) is 39.5 Å². The van der Waals surface area contributed by atoms with E-state index in [4.69, 9.17) is 4.74 Å². The number of nitrogens with zero attached hydrogens (tertiary/aromatic N) is 8. The van der Waals surface area contributed by atoms with Crippen molar-refractivity contribution in [1.82, 2.24) is 45.2 Å². The highest BCUT2D eigenvalue weighted by atomic mass is 16.5. The van der Waals surface area contributed by atoms with E-state index in [0.29, 0.717) is 41.6 Å². The summed E-state index contributed by atoms with van der Waals surface area (Å²) in [5.41, 5.74) is 7.05. The Morgan fingerprint density at radius 2 is 1.80 bits per heavy atom. The first-order chi connectivity index (χ1) is 19.9. The highest BCUT2D eigenvalue weighted by molar-refractivity contribution is 5.83. The number of para-hydroxylation sites is 1. The van der Waals surface area contributed by atoms with E-state index in [1.165, 1.54) is 0 Å². The Labute approximate surface area is 235 Å². The molecule has 0 unspecified atom stereocenters. The molecule has 0 radical (unpaired) electrons. The fourth-order valence-electron chi connectivity index (χ4n) is 4.81. The first-order valence-electron chi connectivity index (χ1n) is 13.3. The van der Waals surface area contributed by atoms with Gasteiger partial charge in [-0.2, -0.15) is 10.2 Å². The molecule has 0 fully saturated rings. The maximum Gasteiger partial charge on any atom is 0.297 e. The molecular weight excluding hydrogens is 522 g/mol. The van der Waals surface area contributed by atoms with Crippen molar-refractivity contribution >= 4 is 11.0 Å². The Morgan fingerprint density at radius 1 is 0.976 bits per heavy atom. The molecule has 12 heteroatoms. The van der Waals surface area contributed by atoms with Crippen LogP contribution in [0.1, 0.15) is 49.8 Å². The Hall–Kier alpha value is -4.94. The summed E-state index contributed by atoms with van der Waals surface area (Å²) in [6.07, 6.45) is 0.299. The largest absolute Gasteiger partial charge is 0.465 e. The summed E-state index contributed by atoms with van der Waals surface area (Å²) in [4.78, 5) is 4.58. The molecule has 3 N–H and O–H groups in total. The summed E-state index contributed by atoms with van der Waals surface area (Å²) in [5, 5.41) is 43.3. The predicted molar refractivity (Wildman–Crippen MR) is 151 cm³/mol. The van der Waals surface area contributed by atoms with Gasteiger partial charge in [0.05, 0.1) is 41.8 Å². The van der Waals surface area contributed by atoms with Gasteiger partial charge >= 0.3 is 0 Å². The Balaban J connectivity index is 1.39. The maximum absolute atomic E-state index is 10.00. The van der Waals surface area contributed by atoms with Crippen molar-refractivity contribution in [3.8, 4) is 34.2 Å². The second-order valence-corrected chi connectivity index (χ2v) is 9.91. The van der Waals surface area contributed by atoms with E-state index >= 15 is 0 Å². The average Bonchev–Trinajstić information content (AvgIpc) is 3.74. The van der Waals surface area contributed by atoms with Crippen LogP contribution in [-0.4, -0.2) is 62.0 Å². The number of ether oxygens (including phenoxy) is 1. The van der Waals surface area contributed by atoms with Gasteiger partial charge in [-0.25, -0.2) is 4.68 Å². The molecule has 0 saturated heterocycles. The van der Waals surface area contributed by atoms with E-state index in [0.717, 1.165) is 33.6 Å². The van der Waals surface area contributed by atoms with Crippen molar-refractivity contribution in [2.24, 2.45) is 0 Å². The molecule has 0 atom stereocenters. The van der Waals surface area contributed by atoms with Crippen LogP contribution in [0.15, 0.2) is 66.9 Å². The third-order valence-corrected chi connectivity index (χ3v) is 6.88. The van der Waals surface area contributed by atoms with Crippen molar-refractivity contribution in [3.63, 3.8) is 0 Å². The number of tetrazole rings is 1. The molecule has 0 saturated carbocycles. The SMILES string of the molecule is CCOc1nc2cccc(C(O)O)c2n1Cc1ccc(-c2cc(-n3cc(C(C)C)nn3)ccc2-c2nn[nH]n2)cc1. The van der Waals surface area contributed by atoms with Gasteiger partial charge in [-0.3, -0.25) is 4.57 Å². The van der Waals surface area contributed by atoms with Crippen molar-refractivity contribution in [2.75, 3.05) is 6.61 Å². The quantitative estimate of drug-likeness (QED) is 0.226. The molecule has 0 aliphatic rings. The van der Waals surface area contributed by atoms with Crippen LogP contribution in [0.2, 0.25) is 0 Å². The third kappa shape index (κ3) is 5.06. The normalized spacial score (nSPS) is 11.7. The van der Waals surface area contributed by atoms with Crippen LogP contribution in [0, 0.1) is 0 Å². The first-order valence-corrected chi connectivity index (χ1v) is 13.3. The minimum Gasteiger partial charge on any atom is -0.465 e. The van der Waals surface area contributed by atoms with Crippen molar-refractivity contribution < 1.29 is 14.9 Å². The van der Waals surface area contributed by atoms with Crippen molar-refractivity contribution in [1.29, 1.82) is 0 Å². The number of hydrogen-bond donors (Lipinski definition) is 3. The van der Waals surface area contributed by atoms with E-state index in [-0.39, 0.29) is 5.92 Å². The maximum atomic E-state index is 10.00. The minimum atomic E-state index is -1.64. The average molecular weight is 552 g/mol. The Bertz CT molecular complexity index is 1790. The minimum absolute atomic E-state index is 0.266. The van der Waals surface area contributed by atoms with Gasteiger partial charge in [-0.15, -0.1) is 15.3 Å². The number of aromatic nitrogens is 9. The Kier molecular flexibility index (Phi) is 7.00. The second kappa shape index (κ2) is 10.9. The molecule has 3 heterocycles. The second-order valence-electron chi connectivity index (χ2n) is 9.91. The van der Waals surface area contributed by atoms with Gasteiger partial charge in [-0.05, 0) is 59.0 Å². The number of fused-ring (bicyclic) bond motifs is 1. The number of H-pyrrole nitrogens is 1. The molecule has 6 rings (SSSR count). The van der Waals surface area contributed by atoms with Crippen LogP contribution in [0.25, 0.3) is 39.2 Å². The number of aliphatic hydroxyl groups excluding tert-OH is 1. The molecule has 0 bridgehead atoms. The Morgan fingerprint density at radius 3 is 2.49 bits per heavy atom. The smallest absolute Gasteiger partial charge is 0.297 e. The molecule has 3 aromatic heterocycles. The van der Waals surface area contributed by atoms with Gasteiger partial charge in [0.25, 0.3) is 6.01 Å². The van der Waals surface area contributed by atoms with Gasteiger partial charge in [0, 0.05) is 11.1 Å². The molecule has 0 amide bonds. The standard InChI is InChI=1S/C29H29N9O3/c1-4-41-29-30-24-7-5-6-22(28(39)40)26(24)37(29)15-18-8-10-19(11-9-18)23-14-20(38-16-25(17(2)3)31-36-38)12-13-21(23)27-32-34-35-33-27/h5-14,16-17,28,39-40H,4,15H2,1-3H3,(H,32,33,34,35). The number of aromatic amines is 1. The molecule has 0 spiro atoms. The van der Waals surface area contributed by atoms with Crippen molar-refractivity contribution in [3.05, 3.63) is 83.7 Å². The molecule has 0 aliphatic carbocycles. The molecule has 12 nitrogen and oxygen atoms in total. The predicted octanol–water partition coefficient (Wildman–Crippen LogP) is 4.02. The zero-order valence-corrected chi connectivity index (χ0v) is 22.8. The number of rotatable bonds is 9. The number of nitrogens with one attached hydrogen (secondary N) is 1. The summed E-state index contributed by atoms with van der Waals surface area (Å²) in [5.74, 6) is 0.750. The topological polar surface area (TPSA) is 153 Å². The fourth-order valence-corrected chi connectivity index (χ4v) is 4.81. The van der Waals surface area contributed by atoms with Gasteiger partial charge in [0.2, 0.25) is 5.82 Å². The molecule has 41 heavy (non-hydrogen) atoms. The third-order valence-electron chi connectivity index (χ3n) is 6.88.